The fourth-order valence-electron chi connectivity index (χ4n) is 2.02. The standard InChI is InChI=1S/C13H16N4O3S/c1-13(8-4-6-9(20-3)7-5-8)10(18)17(12(19)15-13)16-11(21)14-2/h4-7H,1-3H3,(H,15,19)(H2,14,16,21)/t13-/m0/s1. The van der Waals surface area contributed by atoms with E-state index in [-0.39, 0.29) is 5.11 Å². The molecule has 1 aromatic rings. The van der Waals surface area contributed by atoms with Crippen molar-refractivity contribution in [1.82, 2.24) is 21.1 Å². The van der Waals surface area contributed by atoms with Crippen molar-refractivity contribution in [2.75, 3.05) is 14.2 Å². The molecule has 1 saturated heterocycles. The van der Waals surface area contributed by atoms with Crippen LogP contribution in [0.3, 0.4) is 0 Å². The molecule has 1 aliphatic heterocycles. The van der Waals surface area contributed by atoms with Crippen LogP contribution in [0.2, 0.25) is 0 Å². The minimum Gasteiger partial charge on any atom is -0.497 e. The van der Waals surface area contributed by atoms with Crippen molar-refractivity contribution in [2.45, 2.75) is 12.5 Å². The molecule has 7 nitrogen and oxygen atoms in total. The van der Waals surface area contributed by atoms with Gasteiger partial charge < -0.3 is 15.4 Å². The number of imide groups is 1. The molecule has 3 amide bonds. The van der Waals surface area contributed by atoms with Gasteiger partial charge in [-0.3, -0.25) is 10.2 Å². The lowest BCUT2D eigenvalue weighted by Crippen LogP contribution is -2.50. The number of hydrogen-bond donors (Lipinski definition) is 3. The number of hydrogen-bond acceptors (Lipinski definition) is 4. The first-order valence-electron chi connectivity index (χ1n) is 6.22. The number of hydrazine groups is 1. The van der Waals surface area contributed by atoms with E-state index in [4.69, 9.17) is 17.0 Å². The molecule has 8 heteroatoms. The highest BCUT2D eigenvalue weighted by Crippen LogP contribution is 2.29. The fourth-order valence-corrected chi connectivity index (χ4v) is 2.11. The molecule has 0 aromatic heterocycles. The summed E-state index contributed by atoms with van der Waals surface area (Å²) in [5.41, 5.74) is 2.04. The Morgan fingerprint density at radius 2 is 1.95 bits per heavy atom. The number of methoxy groups -OCH3 is 1. The van der Waals surface area contributed by atoms with Gasteiger partial charge in [0, 0.05) is 7.05 Å². The molecule has 1 aromatic carbocycles. The van der Waals surface area contributed by atoms with Crippen LogP contribution in [0.5, 0.6) is 5.75 Å². The minimum atomic E-state index is -1.15. The second kappa shape index (κ2) is 5.57. The molecule has 21 heavy (non-hydrogen) atoms. The molecular weight excluding hydrogens is 292 g/mol. The van der Waals surface area contributed by atoms with Gasteiger partial charge in [0.2, 0.25) is 0 Å². The second-order valence-electron chi connectivity index (χ2n) is 4.62. The van der Waals surface area contributed by atoms with Gasteiger partial charge in [-0.1, -0.05) is 12.1 Å². The van der Waals surface area contributed by atoms with E-state index in [2.05, 4.69) is 16.1 Å². The number of benzene rings is 1. The molecule has 0 bridgehead atoms. The van der Waals surface area contributed by atoms with Crippen LogP contribution in [0.15, 0.2) is 24.3 Å². The zero-order chi connectivity index (χ0) is 15.6. The third-order valence-electron chi connectivity index (χ3n) is 3.30. The highest BCUT2D eigenvalue weighted by Gasteiger charge is 2.49. The van der Waals surface area contributed by atoms with Gasteiger partial charge >= 0.3 is 6.03 Å². The molecule has 3 N–H and O–H groups in total. The van der Waals surface area contributed by atoms with Gasteiger partial charge in [0.1, 0.15) is 11.3 Å². The van der Waals surface area contributed by atoms with E-state index in [1.807, 2.05) is 0 Å². The molecular formula is C13H16N4O3S. The van der Waals surface area contributed by atoms with Crippen LogP contribution in [-0.4, -0.2) is 36.2 Å². The minimum absolute atomic E-state index is 0.178. The van der Waals surface area contributed by atoms with Crippen molar-refractivity contribution < 1.29 is 14.3 Å². The third kappa shape index (κ3) is 2.62. The molecule has 1 aliphatic rings. The van der Waals surface area contributed by atoms with E-state index in [1.54, 1.807) is 45.3 Å². The molecule has 0 saturated carbocycles. The quantitative estimate of drug-likeness (QED) is 0.556. The maximum absolute atomic E-state index is 12.5. The summed E-state index contributed by atoms with van der Waals surface area (Å²) in [4.78, 5) is 24.5. The van der Waals surface area contributed by atoms with Gasteiger partial charge in [-0.2, -0.15) is 5.01 Å². The van der Waals surface area contributed by atoms with E-state index in [1.165, 1.54) is 0 Å². The molecule has 0 unspecified atom stereocenters. The van der Waals surface area contributed by atoms with Crippen LogP contribution in [0.4, 0.5) is 4.79 Å². The van der Waals surface area contributed by atoms with Crippen molar-refractivity contribution in [1.29, 1.82) is 0 Å². The van der Waals surface area contributed by atoms with Crippen LogP contribution in [0, 0.1) is 0 Å². The zero-order valence-electron chi connectivity index (χ0n) is 11.9. The first-order chi connectivity index (χ1) is 9.92. The Morgan fingerprint density at radius 3 is 2.48 bits per heavy atom. The summed E-state index contributed by atoms with van der Waals surface area (Å²) < 4.78 is 5.08. The van der Waals surface area contributed by atoms with E-state index < -0.39 is 17.5 Å². The van der Waals surface area contributed by atoms with Gasteiger partial charge in [0.15, 0.2) is 5.11 Å². The van der Waals surface area contributed by atoms with Crippen LogP contribution < -0.4 is 20.8 Å². The summed E-state index contributed by atoms with van der Waals surface area (Å²) in [6.07, 6.45) is 0. The van der Waals surface area contributed by atoms with Crippen LogP contribution >= 0.6 is 12.2 Å². The molecule has 2 rings (SSSR count). The smallest absolute Gasteiger partial charge is 0.344 e. The van der Waals surface area contributed by atoms with Crippen molar-refractivity contribution >= 4 is 29.3 Å². The summed E-state index contributed by atoms with van der Waals surface area (Å²) >= 11 is 4.91. The van der Waals surface area contributed by atoms with E-state index in [0.29, 0.717) is 11.3 Å². The van der Waals surface area contributed by atoms with E-state index >= 15 is 0 Å². The van der Waals surface area contributed by atoms with E-state index in [0.717, 1.165) is 5.01 Å². The summed E-state index contributed by atoms with van der Waals surface area (Å²) in [7, 11) is 3.15. The number of rotatable bonds is 3. The molecule has 0 radical (unpaired) electrons. The summed E-state index contributed by atoms with van der Waals surface area (Å²) in [6, 6.07) is 6.37. The number of thiocarbonyl (C=S) groups is 1. The highest BCUT2D eigenvalue weighted by atomic mass is 32.1. The van der Waals surface area contributed by atoms with Gasteiger partial charge in [-0.05, 0) is 36.8 Å². The third-order valence-corrected chi connectivity index (χ3v) is 3.59. The lowest BCUT2D eigenvalue weighted by molar-refractivity contribution is -0.132. The van der Waals surface area contributed by atoms with Crippen LogP contribution in [-0.2, 0) is 10.3 Å². The Hall–Kier alpha value is -2.35. The maximum atomic E-state index is 12.5. The number of carbonyl (C=O) groups excluding carboxylic acids is 2. The van der Waals surface area contributed by atoms with Gasteiger partial charge in [0.05, 0.1) is 7.11 Å². The number of nitrogens with one attached hydrogen (secondary N) is 3. The molecule has 0 spiro atoms. The zero-order valence-corrected chi connectivity index (χ0v) is 12.7. The van der Waals surface area contributed by atoms with Crippen LogP contribution in [0.1, 0.15) is 12.5 Å². The number of urea groups is 1. The van der Waals surface area contributed by atoms with Crippen LogP contribution in [0.25, 0.3) is 0 Å². The summed E-state index contributed by atoms with van der Waals surface area (Å²) in [5, 5.41) is 6.35. The Kier molecular flexibility index (Phi) is 3.99. The van der Waals surface area contributed by atoms with Gasteiger partial charge in [-0.15, -0.1) is 0 Å². The van der Waals surface area contributed by atoms with Crippen molar-refractivity contribution in [3.05, 3.63) is 29.8 Å². The largest absolute Gasteiger partial charge is 0.497 e. The highest BCUT2D eigenvalue weighted by molar-refractivity contribution is 7.80. The monoisotopic (exact) mass is 308 g/mol. The predicted octanol–water partition coefficient (Wildman–Crippen LogP) is 0.471. The predicted molar refractivity (Wildman–Crippen MR) is 80.5 cm³/mol. The first-order valence-corrected chi connectivity index (χ1v) is 6.63. The molecule has 1 heterocycles. The normalized spacial score (nSPS) is 21.0. The first kappa shape index (κ1) is 15.0. The molecule has 0 aliphatic carbocycles. The summed E-state index contributed by atoms with van der Waals surface area (Å²) in [5.74, 6) is 0.237. The SMILES string of the molecule is CNC(=S)NN1C(=O)N[C@@](C)(c2ccc(OC)cc2)C1=O. The number of amides is 3. The number of nitrogens with zero attached hydrogens (tertiary/aromatic N) is 1. The summed E-state index contributed by atoms with van der Waals surface area (Å²) in [6.45, 7) is 1.64. The molecule has 1 atom stereocenters. The topological polar surface area (TPSA) is 82.7 Å². The van der Waals surface area contributed by atoms with Crippen molar-refractivity contribution in [2.24, 2.45) is 0 Å². The Bertz CT molecular complexity index is 590. The fraction of sp³-hybridized carbons (Fsp3) is 0.308. The average Bonchev–Trinajstić information content (AvgIpc) is 2.71. The second-order valence-corrected chi connectivity index (χ2v) is 5.02. The Morgan fingerprint density at radius 1 is 1.33 bits per heavy atom. The lowest BCUT2D eigenvalue weighted by Gasteiger charge is -2.22. The van der Waals surface area contributed by atoms with E-state index in [9.17, 15) is 9.59 Å². The average molecular weight is 308 g/mol. The Labute approximate surface area is 127 Å². The van der Waals surface area contributed by atoms with Gasteiger partial charge in [-0.25, -0.2) is 4.79 Å². The Balaban J connectivity index is 2.28. The number of carbonyl (C=O) groups is 2. The molecule has 112 valence electrons. The van der Waals surface area contributed by atoms with Crippen molar-refractivity contribution in [3.63, 3.8) is 0 Å². The molecule has 1 fully saturated rings. The van der Waals surface area contributed by atoms with Crippen molar-refractivity contribution in [3.8, 4) is 5.75 Å². The number of ether oxygens (including phenoxy) is 1. The maximum Gasteiger partial charge on any atom is 0.344 e. The van der Waals surface area contributed by atoms with Gasteiger partial charge in [0.25, 0.3) is 5.91 Å². The lowest BCUT2D eigenvalue weighted by atomic mass is 9.92.